The van der Waals surface area contributed by atoms with E-state index in [2.05, 4.69) is 38.0 Å². The normalized spacial score (nSPS) is 13.5. The Kier molecular flexibility index (Phi) is 6.30. The van der Waals surface area contributed by atoms with Gasteiger partial charge >= 0.3 is 0 Å². The lowest BCUT2D eigenvalue weighted by Gasteiger charge is -2.24. The van der Waals surface area contributed by atoms with Crippen LogP contribution in [0.3, 0.4) is 0 Å². The second-order valence-corrected chi connectivity index (χ2v) is 5.28. The number of hydrogen-bond donors (Lipinski definition) is 1. The molecule has 1 atom stereocenters. The van der Waals surface area contributed by atoms with E-state index in [-0.39, 0.29) is 0 Å². The van der Waals surface area contributed by atoms with Crippen molar-refractivity contribution in [1.29, 1.82) is 0 Å². The lowest BCUT2D eigenvalue weighted by molar-refractivity contribution is 0.241. The van der Waals surface area contributed by atoms with Gasteiger partial charge in [-0.3, -0.25) is 4.90 Å². The molecule has 0 aliphatic heterocycles. The third-order valence-electron chi connectivity index (χ3n) is 3.10. The van der Waals surface area contributed by atoms with Gasteiger partial charge in [0.1, 0.15) is 0 Å². The Balaban J connectivity index is 2.16. The molecule has 0 fully saturated rings. The van der Waals surface area contributed by atoms with E-state index < -0.39 is 0 Å². The number of likely N-dealkylation sites (N-methyl/N-ethyl adjacent to an activating group) is 1. The van der Waals surface area contributed by atoms with Gasteiger partial charge in [-0.25, -0.2) is 0 Å². The Bertz CT molecular complexity index is 282. The molecule has 1 rings (SSSR count). The van der Waals surface area contributed by atoms with Crippen LogP contribution < -0.4 is 5.32 Å². The third-order valence-corrected chi connectivity index (χ3v) is 3.10. The Hall–Kier alpha value is -0.800. The SMILES string of the molecule is CC(C)CCNCC(C)N(C)Cc1ccoc1. The van der Waals surface area contributed by atoms with Crippen LogP contribution in [0.25, 0.3) is 0 Å². The lowest BCUT2D eigenvalue weighted by Crippen LogP contribution is -2.37. The highest BCUT2D eigenvalue weighted by atomic mass is 16.3. The van der Waals surface area contributed by atoms with E-state index in [4.69, 9.17) is 4.42 Å². The van der Waals surface area contributed by atoms with Gasteiger partial charge in [0.05, 0.1) is 12.5 Å². The van der Waals surface area contributed by atoms with Gasteiger partial charge in [-0.15, -0.1) is 0 Å². The van der Waals surface area contributed by atoms with Crippen LogP contribution in [0.1, 0.15) is 32.8 Å². The molecule has 1 N–H and O–H groups in total. The minimum atomic E-state index is 0.539. The Morgan fingerprint density at radius 2 is 2.12 bits per heavy atom. The van der Waals surface area contributed by atoms with Crippen LogP contribution >= 0.6 is 0 Å². The van der Waals surface area contributed by atoms with E-state index in [1.165, 1.54) is 12.0 Å². The van der Waals surface area contributed by atoms with Crippen molar-refractivity contribution in [2.24, 2.45) is 5.92 Å². The smallest absolute Gasteiger partial charge is 0.0947 e. The lowest BCUT2D eigenvalue weighted by atomic mass is 10.1. The molecular weight excluding hydrogens is 212 g/mol. The highest BCUT2D eigenvalue weighted by molar-refractivity contribution is 5.04. The van der Waals surface area contributed by atoms with Crippen molar-refractivity contribution in [3.63, 3.8) is 0 Å². The summed E-state index contributed by atoms with van der Waals surface area (Å²) in [6, 6.07) is 2.56. The molecule has 0 bridgehead atoms. The summed E-state index contributed by atoms with van der Waals surface area (Å²) >= 11 is 0. The largest absolute Gasteiger partial charge is 0.472 e. The molecule has 0 radical (unpaired) electrons. The highest BCUT2D eigenvalue weighted by Crippen LogP contribution is 2.06. The first kappa shape index (κ1) is 14.3. The van der Waals surface area contributed by atoms with Gasteiger partial charge in [0.15, 0.2) is 0 Å². The van der Waals surface area contributed by atoms with Crippen LogP contribution in [0.5, 0.6) is 0 Å². The van der Waals surface area contributed by atoms with Crippen LogP contribution in [0.2, 0.25) is 0 Å². The summed E-state index contributed by atoms with van der Waals surface area (Å²) in [4.78, 5) is 2.34. The molecular formula is C14H26N2O. The van der Waals surface area contributed by atoms with Crippen LogP contribution in [0.4, 0.5) is 0 Å². The van der Waals surface area contributed by atoms with Gasteiger partial charge in [-0.1, -0.05) is 13.8 Å². The summed E-state index contributed by atoms with van der Waals surface area (Å²) in [5.74, 6) is 0.779. The summed E-state index contributed by atoms with van der Waals surface area (Å²) in [6.45, 7) is 9.88. The molecule has 0 saturated heterocycles. The van der Waals surface area contributed by atoms with Crippen LogP contribution in [-0.2, 0) is 6.54 Å². The molecule has 0 aliphatic rings. The molecule has 0 aliphatic carbocycles. The molecule has 1 heterocycles. The second kappa shape index (κ2) is 7.51. The molecule has 3 nitrogen and oxygen atoms in total. The summed E-state index contributed by atoms with van der Waals surface area (Å²) < 4.78 is 5.08. The van der Waals surface area contributed by atoms with Gasteiger partial charge < -0.3 is 9.73 Å². The predicted molar refractivity (Wildman–Crippen MR) is 72.0 cm³/mol. The molecule has 17 heavy (non-hydrogen) atoms. The maximum absolute atomic E-state index is 5.08. The maximum atomic E-state index is 5.08. The first-order valence-corrected chi connectivity index (χ1v) is 6.51. The number of rotatable bonds is 8. The van der Waals surface area contributed by atoms with E-state index in [1.54, 1.807) is 6.26 Å². The summed E-state index contributed by atoms with van der Waals surface area (Å²) in [7, 11) is 2.15. The van der Waals surface area contributed by atoms with Crippen LogP contribution in [-0.4, -0.2) is 31.1 Å². The Labute approximate surface area is 105 Å². The summed E-state index contributed by atoms with van der Waals surface area (Å²) in [6.07, 6.45) is 4.79. The topological polar surface area (TPSA) is 28.4 Å². The predicted octanol–water partition coefficient (Wildman–Crippen LogP) is 2.74. The van der Waals surface area contributed by atoms with Crippen molar-refractivity contribution in [3.05, 3.63) is 24.2 Å². The summed E-state index contributed by atoms with van der Waals surface area (Å²) in [5.41, 5.74) is 1.24. The average Bonchev–Trinajstić information content (AvgIpc) is 2.76. The van der Waals surface area contributed by atoms with Gasteiger partial charge in [-0.05, 0) is 38.9 Å². The molecule has 1 aromatic heterocycles. The third kappa shape index (κ3) is 5.89. The van der Waals surface area contributed by atoms with Crippen LogP contribution in [0.15, 0.2) is 23.0 Å². The fourth-order valence-electron chi connectivity index (χ4n) is 1.68. The maximum Gasteiger partial charge on any atom is 0.0947 e. The first-order valence-electron chi connectivity index (χ1n) is 6.51. The zero-order valence-electron chi connectivity index (χ0n) is 11.6. The van der Waals surface area contributed by atoms with Crippen molar-refractivity contribution in [2.75, 3.05) is 20.1 Å². The number of nitrogens with one attached hydrogen (secondary N) is 1. The van der Waals surface area contributed by atoms with Crippen molar-refractivity contribution in [1.82, 2.24) is 10.2 Å². The van der Waals surface area contributed by atoms with E-state index in [0.29, 0.717) is 6.04 Å². The van der Waals surface area contributed by atoms with Crippen molar-refractivity contribution < 1.29 is 4.42 Å². The minimum absolute atomic E-state index is 0.539. The molecule has 0 aromatic carbocycles. The van der Waals surface area contributed by atoms with E-state index in [9.17, 15) is 0 Å². The molecule has 1 aromatic rings. The van der Waals surface area contributed by atoms with Crippen LogP contribution in [0, 0.1) is 5.92 Å². The zero-order chi connectivity index (χ0) is 12.7. The van der Waals surface area contributed by atoms with Crippen molar-refractivity contribution in [3.8, 4) is 0 Å². The molecule has 0 spiro atoms. The summed E-state index contributed by atoms with van der Waals surface area (Å²) in [5, 5.41) is 3.51. The van der Waals surface area contributed by atoms with E-state index in [0.717, 1.165) is 25.6 Å². The van der Waals surface area contributed by atoms with Gasteiger partial charge in [0.25, 0.3) is 0 Å². The molecule has 0 amide bonds. The highest BCUT2D eigenvalue weighted by Gasteiger charge is 2.09. The van der Waals surface area contributed by atoms with Gasteiger partial charge in [0.2, 0.25) is 0 Å². The Morgan fingerprint density at radius 3 is 2.71 bits per heavy atom. The number of furan rings is 1. The van der Waals surface area contributed by atoms with E-state index in [1.807, 2.05) is 12.3 Å². The Morgan fingerprint density at radius 1 is 1.35 bits per heavy atom. The molecule has 0 saturated carbocycles. The fourth-order valence-corrected chi connectivity index (χ4v) is 1.68. The standard InChI is InChI=1S/C14H26N2O/c1-12(2)5-7-15-9-13(3)16(4)10-14-6-8-17-11-14/h6,8,11-13,15H,5,7,9-10H2,1-4H3. The quantitative estimate of drug-likeness (QED) is 0.706. The van der Waals surface area contributed by atoms with Crippen molar-refractivity contribution in [2.45, 2.75) is 39.8 Å². The average molecular weight is 238 g/mol. The van der Waals surface area contributed by atoms with Crippen molar-refractivity contribution >= 4 is 0 Å². The zero-order valence-corrected chi connectivity index (χ0v) is 11.6. The fraction of sp³-hybridized carbons (Fsp3) is 0.714. The second-order valence-electron chi connectivity index (χ2n) is 5.28. The first-order chi connectivity index (χ1) is 8.09. The molecule has 3 heteroatoms. The molecule has 1 unspecified atom stereocenters. The van der Waals surface area contributed by atoms with Gasteiger partial charge in [-0.2, -0.15) is 0 Å². The van der Waals surface area contributed by atoms with Gasteiger partial charge in [0, 0.05) is 24.7 Å². The minimum Gasteiger partial charge on any atom is -0.472 e. The van der Waals surface area contributed by atoms with E-state index >= 15 is 0 Å². The molecule has 98 valence electrons. The number of hydrogen-bond acceptors (Lipinski definition) is 3. The number of nitrogens with zero attached hydrogens (tertiary/aromatic N) is 1. The monoisotopic (exact) mass is 238 g/mol.